The van der Waals surface area contributed by atoms with Crippen molar-refractivity contribution in [2.24, 2.45) is 0 Å². The second-order valence-electron chi connectivity index (χ2n) is 3.42. The summed E-state index contributed by atoms with van der Waals surface area (Å²) in [5, 5.41) is 0. The molecule has 0 saturated carbocycles. The summed E-state index contributed by atoms with van der Waals surface area (Å²) in [5.41, 5.74) is 0. The van der Waals surface area contributed by atoms with E-state index in [1.54, 1.807) is 20.8 Å². The summed E-state index contributed by atoms with van der Waals surface area (Å²) >= 11 is -0.653. The Balaban J connectivity index is 3.06. The Morgan fingerprint density at radius 1 is 0.667 bits per heavy atom. The molecular weight excluding hydrogens is 429 g/mol. The third-order valence-corrected chi connectivity index (χ3v) is 6.41. The summed E-state index contributed by atoms with van der Waals surface area (Å²) in [6.07, 6.45) is 0. The van der Waals surface area contributed by atoms with Gasteiger partial charge in [-0.05, 0) is 0 Å². The van der Waals surface area contributed by atoms with Gasteiger partial charge in [0.2, 0.25) is 0 Å². The van der Waals surface area contributed by atoms with E-state index >= 15 is 0 Å². The minimum absolute atomic E-state index is 0.149. The van der Waals surface area contributed by atoms with Gasteiger partial charge in [-0.2, -0.15) is 0 Å². The van der Waals surface area contributed by atoms with E-state index in [9.17, 15) is 14.4 Å². The van der Waals surface area contributed by atoms with Crippen molar-refractivity contribution in [3.8, 4) is 0 Å². The van der Waals surface area contributed by atoms with Gasteiger partial charge in [-0.1, -0.05) is 0 Å². The van der Waals surface area contributed by atoms with Crippen LogP contribution in [0.1, 0.15) is 20.8 Å². The van der Waals surface area contributed by atoms with Gasteiger partial charge in [0.15, 0.2) is 0 Å². The number of benzene rings is 1. The maximum atomic E-state index is 11.2. The molecule has 0 aliphatic carbocycles. The molecule has 0 saturated heterocycles. The van der Waals surface area contributed by atoms with Crippen LogP contribution in [0.2, 0.25) is 0 Å². The van der Waals surface area contributed by atoms with Gasteiger partial charge in [-0.15, -0.1) is 0 Å². The molecule has 3 nitrogen and oxygen atoms in total. The summed E-state index contributed by atoms with van der Waals surface area (Å²) in [4.78, 5) is 33.6. The van der Waals surface area contributed by atoms with E-state index in [0.29, 0.717) is 0 Å². The van der Waals surface area contributed by atoms with Crippen molar-refractivity contribution in [2.75, 3.05) is 0 Å². The molecule has 96 valence electrons. The van der Waals surface area contributed by atoms with E-state index < -0.39 is 0 Å². The molecule has 0 unspecified atom stereocenters. The molecule has 18 heavy (non-hydrogen) atoms. The minimum atomic E-state index is -0.218. The second-order valence-corrected chi connectivity index (χ2v) is 11.3. The van der Waals surface area contributed by atoms with E-state index in [0.717, 1.165) is 13.4 Å². The fourth-order valence-electron chi connectivity index (χ4n) is 1.22. The summed E-state index contributed by atoms with van der Waals surface area (Å²) in [6, 6.07) is 5.80. The Labute approximate surface area is 125 Å². The van der Waals surface area contributed by atoms with Crippen molar-refractivity contribution in [2.45, 2.75) is 20.8 Å². The predicted molar refractivity (Wildman–Crippen MR) is 74.6 cm³/mol. The molecule has 0 spiro atoms. The first-order chi connectivity index (χ1) is 8.36. The second kappa shape index (κ2) is 7.40. The van der Waals surface area contributed by atoms with Crippen LogP contribution < -0.4 is 13.4 Å². The van der Waals surface area contributed by atoms with Crippen LogP contribution in [0.3, 0.4) is 0 Å². The average molecular weight is 441 g/mol. The van der Waals surface area contributed by atoms with Gasteiger partial charge in [-0.25, -0.2) is 0 Å². The normalized spacial score (nSPS) is 10.2. The van der Waals surface area contributed by atoms with Crippen LogP contribution >= 0.6 is 0 Å². The van der Waals surface area contributed by atoms with E-state index in [1.807, 2.05) is 18.2 Å². The predicted octanol–water partition coefficient (Wildman–Crippen LogP) is -1.69. The standard InChI is InChI=1S/C12H12O3Se3/c1-7(13)16-10-4-11(17-8(2)14)6-12(5-10)18-9(3)15/h4-6H,1-3H3. The molecule has 0 fully saturated rings. The molecule has 0 atom stereocenters. The zero-order valence-corrected chi connectivity index (χ0v) is 15.3. The first-order valence-electron chi connectivity index (χ1n) is 5.07. The van der Waals surface area contributed by atoms with Crippen LogP contribution in [0.5, 0.6) is 0 Å². The Morgan fingerprint density at radius 3 is 1.06 bits per heavy atom. The fraction of sp³-hybridized carbons (Fsp3) is 0.250. The Bertz CT molecular complexity index is 414. The molecule has 0 aliphatic rings. The van der Waals surface area contributed by atoms with Crippen LogP contribution in [0.15, 0.2) is 18.2 Å². The van der Waals surface area contributed by atoms with Crippen LogP contribution in [0, 0.1) is 0 Å². The number of hydrogen-bond donors (Lipinski definition) is 0. The molecule has 0 radical (unpaired) electrons. The molecule has 6 heteroatoms. The van der Waals surface area contributed by atoms with Crippen molar-refractivity contribution in [3.63, 3.8) is 0 Å². The SMILES string of the molecule is CC(=O)[Se]c1cc([Se]C(C)=O)cc([Se]C(C)=O)c1. The van der Waals surface area contributed by atoms with Crippen LogP contribution in [-0.4, -0.2) is 58.9 Å². The number of hydrogen-bond acceptors (Lipinski definition) is 3. The monoisotopic (exact) mass is 444 g/mol. The first-order valence-corrected chi connectivity index (χ1v) is 10.2. The van der Waals surface area contributed by atoms with Crippen LogP contribution in [-0.2, 0) is 14.4 Å². The molecule has 0 aliphatic heterocycles. The maximum absolute atomic E-state index is 11.2. The van der Waals surface area contributed by atoms with Crippen LogP contribution in [0.4, 0.5) is 0 Å². The van der Waals surface area contributed by atoms with Crippen molar-refractivity contribution < 1.29 is 14.4 Å². The molecule has 1 aromatic rings. The third kappa shape index (κ3) is 6.10. The Kier molecular flexibility index (Phi) is 6.51. The van der Waals surface area contributed by atoms with Gasteiger partial charge in [0, 0.05) is 0 Å². The molecule has 0 N–H and O–H groups in total. The molecule has 0 amide bonds. The van der Waals surface area contributed by atoms with Crippen molar-refractivity contribution >= 4 is 72.3 Å². The zero-order chi connectivity index (χ0) is 13.7. The summed E-state index contributed by atoms with van der Waals surface area (Å²) in [7, 11) is 0. The summed E-state index contributed by atoms with van der Waals surface area (Å²) < 4.78 is 3.35. The summed E-state index contributed by atoms with van der Waals surface area (Å²) in [6.45, 7) is 4.70. The van der Waals surface area contributed by atoms with Gasteiger partial charge in [0.05, 0.1) is 0 Å². The van der Waals surface area contributed by atoms with Gasteiger partial charge in [-0.3, -0.25) is 0 Å². The quantitative estimate of drug-likeness (QED) is 0.496. The number of carbonyl (C=O) groups is 3. The van der Waals surface area contributed by atoms with Crippen molar-refractivity contribution in [1.82, 2.24) is 0 Å². The fourth-order valence-corrected chi connectivity index (χ4v) is 6.78. The topological polar surface area (TPSA) is 51.2 Å². The van der Waals surface area contributed by atoms with E-state index in [2.05, 4.69) is 0 Å². The van der Waals surface area contributed by atoms with E-state index in [4.69, 9.17) is 0 Å². The molecule has 0 heterocycles. The van der Waals surface area contributed by atoms with Gasteiger partial charge < -0.3 is 0 Å². The van der Waals surface area contributed by atoms with Gasteiger partial charge in [0.1, 0.15) is 0 Å². The zero-order valence-electron chi connectivity index (χ0n) is 10.2. The average Bonchev–Trinajstić information content (AvgIpc) is 2.12. The van der Waals surface area contributed by atoms with E-state index in [-0.39, 0.29) is 58.9 Å². The van der Waals surface area contributed by atoms with Gasteiger partial charge in [0.25, 0.3) is 0 Å². The summed E-state index contributed by atoms with van der Waals surface area (Å²) in [5.74, 6) is 0. The molecule has 1 rings (SSSR count). The first kappa shape index (κ1) is 15.8. The molecule has 0 bridgehead atoms. The van der Waals surface area contributed by atoms with Crippen molar-refractivity contribution in [1.29, 1.82) is 0 Å². The third-order valence-electron chi connectivity index (χ3n) is 1.64. The molecular formula is C12H12O3Se3. The molecule has 0 aromatic heterocycles. The Hall–Kier alpha value is -0.212. The Morgan fingerprint density at radius 2 is 0.889 bits per heavy atom. The number of rotatable bonds is 6. The van der Waals surface area contributed by atoms with Gasteiger partial charge >= 0.3 is 126 Å². The van der Waals surface area contributed by atoms with E-state index in [1.165, 1.54) is 0 Å². The van der Waals surface area contributed by atoms with Crippen molar-refractivity contribution in [3.05, 3.63) is 18.2 Å². The van der Waals surface area contributed by atoms with Crippen LogP contribution in [0.25, 0.3) is 0 Å². The molecule has 1 aromatic carbocycles. The number of carbonyl (C=O) groups excluding carboxylic acids is 3.